The van der Waals surface area contributed by atoms with E-state index in [1.165, 1.54) is 12.3 Å². The Labute approximate surface area is 167 Å². The van der Waals surface area contributed by atoms with Gasteiger partial charge in [-0.15, -0.1) is 0 Å². The van der Waals surface area contributed by atoms with Crippen LogP contribution in [0.15, 0.2) is 71.5 Å². The van der Waals surface area contributed by atoms with Gasteiger partial charge < -0.3 is 9.32 Å². The van der Waals surface area contributed by atoms with E-state index in [-0.39, 0.29) is 11.8 Å². The summed E-state index contributed by atoms with van der Waals surface area (Å²) in [7, 11) is 3.56. The molecule has 0 radical (unpaired) electrons. The first kappa shape index (κ1) is 18.6. The molecule has 1 amide bonds. The Morgan fingerprint density at radius 3 is 2.55 bits per heavy atom. The first-order valence-corrected chi connectivity index (χ1v) is 9.06. The molecule has 0 N–H and O–H groups in total. The minimum absolute atomic E-state index is 0.171. The van der Waals surface area contributed by atoms with Crippen molar-refractivity contribution in [1.29, 1.82) is 0 Å². The molecule has 2 heterocycles. The van der Waals surface area contributed by atoms with E-state index in [1.807, 2.05) is 13.2 Å². The van der Waals surface area contributed by atoms with E-state index in [2.05, 4.69) is 10.1 Å². The summed E-state index contributed by atoms with van der Waals surface area (Å²) < 4.78 is 21.5. The summed E-state index contributed by atoms with van der Waals surface area (Å²) in [5, 5.41) is 4.13. The van der Waals surface area contributed by atoms with Gasteiger partial charge in [-0.3, -0.25) is 9.48 Å². The molecule has 0 fully saturated rings. The zero-order chi connectivity index (χ0) is 20.4. The van der Waals surface area contributed by atoms with E-state index in [0.29, 0.717) is 29.0 Å². The number of carbonyl (C=O) groups is 1. The molecule has 0 aliphatic carbocycles. The van der Waals surface area contributed by atoms with Gasteiger partial charge in [-0.25, -0.2) is 9.37 Å². The number of benzene rings is 2. The van der Waals surface area contributed by atoms with Crippen LogP contribution in [-0.2, 0) is 13.6 Å². The summed E-state index contributed by atoms with van der Waals surface area (Å²) in [5.74, 6) is 0.0110. The van der Waals surface area contributed by atoms with Gasteiger partial charge in [-0.2, -0.15) is 5.10 Å². The maximum Gasteiger partial charge on any atom is 0.254 e. The van der Waals surface area contributed by atoms with Gasteiger partial charge in [0.05, 0.1) is 23.5 Å². The summed E-state index contributed by atoms with van der Waals surface area (Å²) in [5.41, 5.74) is 2.27. The summed E-state index contributed by atoms with van der Waals surface area (Å²) in [6.07, 6.45) is 5.06. The third-order valence-electron chi connectivity index (χ3n) is 4.56. The quantitative estimate of drug-likeness (QED) is 0.513. The molecule has 0 aliphatic heterocycles. The molecule has 4 aromatic rings. The molecule has 29 heavy (non-hydrogen) atoms. The Balaban J connectivity index is 1.63. The van der Waals surface area contributed by atoms with Crippen LogP contribution in [0.5, 0.6) is 0 Å². The number of hydrogen-bond donors (Lipinski definition) is 0. The molecule has 7 heteroatoms. The van der Waals surface area contributed by atoms with Gasteiger partial charge in [0, 0.05) is 38.0 Å². The molecule has 0 unspecified atom stereocenters. The van der Waals surface area contributed by atoms with Crippen molar-refractivity contribution >= 4 is 5.91 Å². The summed E-state index contributed by atoms with van der Waals surface area (Å²) >= 11 is 0. The van der Waals surface area contributed by atoms with Crippen LogP contribution in [0.4, 0.5) is 4.39 Å². The predicted molar refractivity (Wildman–Crippen MR) is 106 cm³/mol. The monoisotopic (exact) mass is 390 g/mol. The number of oxazole rings is 1. The molecule has 0 spiro atoms. The molecule has 0 aliphatic rings. The minimum Gasteiger partial charge on any atom is -0.436 e. The number of halogens is 1. The van der Waals surface area contributed by atoms with Crippen LogP contribution < -0.4 is 0 Å². The lowest BCUT2D eigenvalue weighted by molar-refractivity contribution is 0.0785. The molecule has 4 rings (SSSR count). The van der Waals surface area contributed by atoms with Crippen molar-refractivity contribution in [2.24, 2.45) is 7.05 Å². The largest absolute Gasteiger partial charge is 0.436 e. The van der Waals surface area contributed by atoms with Gasteiger partial charge in [0.25, 0.3) is 5.91 Å². The molecule has 2 aromatic heterocycles. The van der Waals surface area contributed by atoms with Crippen LogP contribution in [0, 0.1) is 5.82 Å². The third kappa shape index (κ3) is 3.80. The third-order valence-corrected chi connectivity index (χ3v) is 4.56. The summed E-state index contributed by atoms with van der Waals surface area (Å²) in [6, 6.07) is 13.4. The fourth-order valence-electron chi connectivity index (χ4n) is 3.15. The molecule has 6 nitrogen and oxygen atoms in total. The molecule has 0 saturated heterocycles. The molecular weight excluding hydrogens is 371 g/mol. The number of hydrogen-bond acceptors (Lipinski definition) is 4. The van der Waals surface area contributed by atoms with Gasteiger partial charge in [-0.1, -0.05) is 24.3 Å². The maximum atomic E-state index is 14.1. The molecule has 0 bridgehead atoms. The first-order chi connectivity index (χ1) is 14.0. The average Bonchev–Trinajstić information content (AvgIpc) is 3.37. The number of carbonyl (C=O) groups excluding carboxylic acids is 1. The normalized spacial score (nSPS) is 10.9. The molecule has 146 valence electrons. The Morgan fingerprint density at radius 1 is 1.10 bits per heavy atom. The fraction of sp³-hybridized carbons (Fsp3) is 0.136. The zero-order valence-corrected chi connectivity index (χ0v) is 16.0. The van der Waals surface area contributed by atoms with Gasteiger partial charge in [-0.05, 0) is 24.3 Å². The SMILES string of the molecule is CN(Cc1cnn(C)c1)C(=O)c1ccccc1-c1ncc(-c2ccccc2F)o1. The number of rotatable bonds is 5. The second-order valence-corrected chi connectivity index (χ2v) is 6.74. The zero-order valence-electron chi connectivity index (χ0n) is 16.0. The summed E-state index contributed by atoms with van der Waals surface area (Å²) in [4.78, 5) is 18.9. The van der Waals surface area contributed by atoms with Crippen LogP contribution >= 0.6 is 0 Å². The number of amides is 1. The molecular formula is C22H19FN4O2. The van der Waals surface area contributed by atoms with Crippen LogP contribution in [0.25, 0.3) is 22.8 Å². The van der Waals surface area contributed by atoms with E-state index >= 15 is 0 Å². The lowest BCUT2D eigenvalue weighted by atomic mass is 10.1. The van der Waals surface area contributed by atoms with Crippen LogP contribution in [0.1, 0.15) is 15.9 Å². The van der Waals surface area contributed by atoms with Gasteiger partial charge >= 0.3 is 0 Å². The Hall–Kier alpha value is -3.74. The standard InChI is InChI=1S/C22H19FN4O2/c1-26(13-15-11-25-27(2)14-15)22(28)17-8-4-3-7-16(17)21-24-12-20(29-21)18-9-5-6-10-19(18)23/h3-12,14H,13H2,1-2H3. The van der Waals surface area contributed by atoms with Crippen LogP contribution in [-0.4, -0.2) is 32.6 Å². The molecule has 0 saturated carbocycles. The van der Waals surface area contributed by atoms with Crippen molar-refractivity contribution < 1.29 is 13.6 Å². The smallest absolute Gasteiger partial charge is 0.254 e. The lowest BCUT2D eigenvalue weighted by Crippen LogP contribution is -2.26. The highest BCUT2D eigenvalue weighted by Crippen LogP contribution is 2.30. The van der Waals surface area contributed by atoms with Crippen molar-refractivity contribution in [3.05, 3.63) is 84.1 Å². The second-order valence-electron chi connectivity index (χ2n) is 6.74. The van der Waals surface area contributed by atoms with E-state index in [0.717, 1.165) is 5.56 Å². The second kappa shape index (κ2) is 7.71. The Morgan fingerprint density at radius 2 is 1.83 bits per heavy atom. The van der Waals surface area contributed by atoms with Gasteiger partial charge in [0.2, 0.25) is 5.89 Å². The van der Waals surface area contributed by atoms with E-state index < -0.39 is 5.82 Å². The van der Waals surface area contributed by atoms with Crippen LogP contribution in [0.3, 0.4) is 0 Å². The van der Waals surface area contributed by atoms with E-state index in [9.17, 15) is 9.18 Å². The fourth-order valence-corrected chi connectivity index (χ4v) is 3.15. The molecule has 2 aromatic carbocycles. The van der Waals surface area contributed by atoms with Crippen molar-refractivity contribution in [2.45, 2.75) is 6.54 Å². The lowest BCUT2D eigenvalue weighted by Gasteiger charge is -2.17. The number of nitrogens with zero attached hydrogens (tertiary/aromatic N) is 4. The van der Waals surface area contributed by atoms with Crippen molar-refractivity contribution in [2.75, 3.05) is 7.05 Å². The highest BCUT2D eigenvalue weighted by molar-refractivity contribution is 5.99. The summed E-state index contributed by atoms with van der Waals surface area (Å²) in [6.45, 7) is 0.424. The van der Waals surface area contributed by atoms with E-state index in [1.54, 1.807) is 65.3 Å². The van der Waals surface area contributed by atoms with Gasteiger partial charge in [0.15, 0.2) is 5.76 Å². The minimum atomic E-state index is -0.393. The van der Waals surface area contributed by atoms with Gasteiger partial charge in [0.1, 0.15) is 5.82 Å². The predicted octanol–water partition coefficient (Wildman–Crippen LogP) is 4.15. The van der Waals surface area contributed by atoms with Crippen molar-refractivity contribution in [1.82, 2.24) is 19.7 Å². The van der Waals surface area contributed by atoms with Crippen molar-refractivity contribution in [3.63, 3.8) is 0 Å². The number of aromatic nitrogens is 3. The first-order valence-electron chi connectivity index (χ1n) is 9.06. The Bertz CT molecular complexity index is 1160. The number of aryl methyl sites for hydroxylation is 1. The van der Waals surface area contributed by atoms with Crippen LogP contribution in [0.2, 0.25) is 0 Å². The molecule has 0 atom stereocenters. The highest BCUT2D eigenvalue weighted by Gasteiger charge is 2.20. The topological polar surface area (TPSA) is 64.2 Å². The average molecular weight is 390 g/mol. The van der Waals surface area contributed by atoms with E-state index in [4.69, 9.17) is 4.42 Å². The van der Waals surface area contributed by atoms with Crippen molar-refractivity contribution in [3.8, 4) is 22.8 Å². The Kier molecular flexibility index (Phi) is 4.95. The maximum absolute atomic E-state index is 14.1. The highest BCUT2D eigenvalue weighted by atomic mass is 19.1.